The first-order chi connectivity index (χ1) is 16.9. The molecule has 178 valence electrons. The van der Waals surface area contributed by atoms with Gasteiger partial charge in [-0.2, -0.15) is 5.10 Å². The van der Waals surface area contributed by atoms with Gasteiger partial charge in [0.1, 0.15) is 17.2 Å². The van der Waals surface area contributed by atoms with Gasteiger partial charge in [0.15, 0.2) is 0 Å². The number of nitrogens with two attached hydrogens (primary N) is 1. The molecule has 8 heteroatoms. The maximum absolute atomic E-state index is 12.8. The minimum absolute atomic E-state index is 0.273. The lowest BCUT2D eigenvalue weighted by Crippen LogP contribution is -2.42. The maximum atomic E-state index is 12.8. The summed E-state index contributed by atoms with van der Waals surface area (Å²) in [5.41, 5.74) is 9.14. The third-order valence-electron chi connectivity index (χ3n) is 6.56. The first-order valence-electron chi connectivity index (χ1n) is 11.6. The molecule has 2 aromatic heterocycles. The number of aromatic nitrogens is 3. The van der Waals surface area contributed by atoms with Gasteiger partial charge in [0.05, 0.1) is 29.4 Å². The summed E-state index contributed by atoms with van der Waals surface area (Å²) < 4.78 is 1.54. The second-order valence-corrected chi connectivity index (χ2v) is 8.93. The van der Waals surface area contributed by atoms with Gasteiger partial charge in [-0.25, -0.2) is 9.67 Å². The van der Waals surface area contributed by atoms with Crippen LogP contribution in [0.25, 0.3) is 5.69 Å². The Morgan fingerprint density at radius 1 is 1.00 bits per heavy atom. The van der Waals surface area contributed by atoms with Gasteiger partial charge in [0.2, 0.25) is 0 Å². The Balaban J connectivity index is 1.22. The van der Waals surface area contributed by atoms with E-state index >= 15 is 0 Å². The van der Waals surface area contributed by atoms with Gasteiger partial charge in [0.25, 0.3) is 5.91 Å². The largest absolute Gasteiger partial charge is 0.385 e. The molecule has 0 bridgehead atoms. The first-order valence-corrected chi connectivity index (χ1v) is 11.6. The van der Waals surface area contributed by atoms with Crippen molar-refractivity contribution in [2.45, 2.75) is 25.4 Å². The number of aryl methyl sites for hydroxylation is 1. The van der Waals surface area contributed by atoms with Crippen molar-refractivity contribution in [2.24, 2.45) is 0 Å². The zero-order valence-corrected chi connectivity index (χ0v) is 19.6. The van der Waals surface area contributed by atoms with Crippen LogP contribution in [0.5, 0.6) is 0 Å². The van der Waals surface area contributed by atoms with E-state index in [0.717, 1.165) is 22.6 Å². The zero-order chi connectivity index (χ0) is 24.4. The van der Waals surface area contributed by atoms with Gasteiger partial charge in [-0.3, -0.25) is 4.79 Å². The monoisotopic (exact) mass is 468 g/mol. The Labute approximate surface area is 204 Å². The molecular formula is C27H28N6O2. The summed E-state index contributed by atoms with van der Waals surface area (Å²) in [5, 5.41) is 18.2. The smallest absolute Gasteiger partial charge is 0.261 e. The average Bonchev–Trinajstić information content (AvgIpc) is 3.27. The van der Waals surface area contributed by atoms with Crippen LogP contribution in [0.2, 0.25) is 0 Å². The molecular weight excluding hydrogens is 440 g/mol. The van der Waals surface area contributed by atoms with Crippen molar-refractivity contribution in [3.05, 3.63) is 95.8 Å². The third-order valence-corrected chi connectivity index (χ3v) is 6.56. The number of benzene rings is 2. The van der Waals surface area contributed by atoms with Crippen molar-refractivity contribution in [3.8, 4) is 5.69 Å². The minimum Gasteiger partial charge on any atom is -0.385 e. The second-order valence-electron chi connectivity index (χ2n) is 8.93. The van der Waals surface area contributed by atoms with Crippen LogP contribution in [0, 0.1) is 6.92 Å². The van der Waals surface area contributed by atoms with E-state index in [0.29, 0.717) is 37.2 Å². The van der Waals surface area contributed by atoms with Gasteiger partial charge in [-0.15, -0.1) is 0 Å². The number of aliphatic hydroxyl groups is 1. The number of rotatable bonds is 5. The van der Waals surface area contributed by atoms with E-state index in [1.807, 2.05) is 73.7 Å². The van der Waals surface area contributed by atoms with E-state index in [1.165, 1.54) is 6.20 Å². The quantitative estimate of drug-likeness (QED) is 0.410. The highest BCUT2D eigenvalue weighted by Crippen LogP contribution is 2.34. The summed E-state index contributed by atoms with van der Waals surface area (Å²) in [4.78, 5) is 19.5. The highest BCUT2D eigenvalue weighted by Gasteiger charge is 2.34. The summed E-state index contributed by atoms with van der Waals surface area (Å²) >= 11 is 0. The van der Waals surface area contributed by atoms with Crippen molar-refractivity contribution < 1.29 is 9.90 Å². The summed E-state index contributed by atoms with van der Waals surface area (Å²) in [5.74, 6) is 0.737. The molecule has 5 rings (SSSR count). The SMILES string of the molecule is Cc1ccc(-n2ncc(C(=O)Nc3ccc(N4CCC(O)(c5ccccc5)CC4)nc3)c2N)cc1. The fourth-order valence-corrected chi connectivity index (χ4v) is 4.41. The number of carbonyl (C=O) groups is 1. The van der Waals surface area contributed by atoms with E-state index in [2.05, 4.69) is 20.3 Å². The molecule has 2 aromatic carbocycles. The molecule has 1 aliphatic heterocycles. The van der Waals surface area contributed by atoms with Crippen LogP contribution in [-0.4, -0.2) is 38.9 Å². The van der Waals surface area contributed by atoms with Crippen molar-refractivity contribution >= 4 is 23.2 Å². The van der Waals surface area contributed by atoms with Crippen LogP contribution in [-0.2, 0) is 5.60 Å². The molecule has 35 heavy (non-hydrogen) atoms. The van der Waals surface area contributed by atoms with Crippen LogP contribution in [0.4, 0.5) is 17.3 Å². The number of hydrogen-bond donors (Lipinski definition) is 3. The van der Waals surface area contributed by atoms with Crippen molar-refractivity contribution in [2.75, 3.05) is 29.0 Å². The number of carbonyl (C=O) groups excluding carboxylic acids is 1. The topological polar surface area (TPSA) is 109 Å². The fraction of sp³-hybridized carbons (Fsp3) is 0.222. The Morgan fingerprint density at radius 3 is 2.37 bits per heavy atom. The number of nitrogens with one attached hydrogen (secondary N) is 1. The predicted octanol–water partition coefficient (Wildman–Crippen LogP) is 3.90. The summed E-state index contributed by atoms with van der Waals surface area (Å²) in [7, 11) is 0. The molecule has 3 heterocycles. The number of nitrogens with zero attached hydrogens (tertiary/aromatic N) is 4. The van der Waals surface area contributed by atoms with Crippen LogP contribution >= 0.6 is 0 Å². The van der Waals surface area contributed by atoms with Gasteiger partial charge in [0, 0.05) is 13.1 Å². The normalized spacial score (nSPS) is 15.1. The summed E-state index contributed by atoms with van der Waals surface area (Å²) in [6, 6.07) is 21.3. The van der Waals surface area contributed by atoms with E-state index in [4.69, 9.17) is 5.73 Å². The predicted molar refractivity (Wildman–Crippen MR) is 137 cm³/mol. The fourth-order valence-electron chi connectivity index (χ4n) is 4.41. The van der Waals surface area contributed by atoms with Crippen molar-refractivity contribution in [1.29, 1.82) is 0 Å². The second kappa shape index (κ2) is 9.23. The van der Waals surface area contributed by atoms with Crippen LogP contribution in [0.3, 0.4) is 0 Å². The van der Waals surface area contributed by atoms with Crippen molar-refractivity contribution in [3.63, 3.8) is 0 Å². The Kier molecular flexibility index (Phi) is 5.96. The molecule has 1 aliphatic rings. The number of pyridine rings is 1. The highest BCUT2D eigenvalue weighted by molar-refractivity contribution is 6.07. The summed E-state index contributed by atoms with van der Waals surface area (Å²) in [6.45, 7) is 3.39. The average molecular weight is 469 g/mol. The Morgan fingerprint density at radius 2 is 1.71 bits per heavy atom. The van der Waals surface area contributed by atoms with E-state index in [-0.39, 0.29) is 11.7 Å². The molecule has 0 radical (unpaired) electrons. The maximum Gasteiger partial charge on any atom is 0.261 e. The molecule has 1 saturated heterocycles. The van der Waals surface area contributed by atoms with Gasteiger partial charge < -0.3 is 21.1 Å². The Hall–Kier alpha value is -4.17. The molecule has 0 unspecified atom stereocenters. The molecule has 0 saturated carbocycles. The molecule has 0 atom stereocenters. The van der Waals surface area contributed by atoms with Gasteiger partial charge in [-0.05, 0) is 49.6 Å². The number of nitrogen functional groups attached to an aromatic ring is 1. The Bertz CT molecular complexity index is 1310. The molecule has 4 aromatic rings. The highest BCUT2D eigenvalue weighted by atomic mass is 16.3. The third kappa shape index (κ3) is 4.61. The molecule has 4 N–H and O–H groups in total. The molecule has 0 spiro atoms. The standard InChI is InChI=1S/C27H28N6O2/c1-19-7-10-22(11-8-19)33-25(28)23(18-30-33)26(34)31-21-9-12-24(29-17-21)32-15-13-27(35,14-16-32)20-5-3-2-4-6-20/h2-12,17-18,35H,13-16,28H2,1H3,(H,31,34). The lowest BCUT2D eigenvalue weighted by Gasteiger charge is -2.39. The van der Waals surface area contributed by atoms with Crippen LogP contribution < -0.4 is 16.0 Å². The lowest BCUT2D eigenvalue weighted by molar-refractivity contribution is 0.0116. The van der Waals surface area contributed by atoms with Gasteiger partial charge >= 0.3 is 0 Å². The van der Waals surface area contributed by atoms with E-state index in [9.17, 15) is 9.90 Å². The molecule has 0 aliphatic carbocycles. The molecule has 1 fully saturated rings. The molecule has 8 nitrogen and oxygen atoms in total. The number of anilines is 3. The van der Waals surface area contributed by atoms with E-state index in [1.54, 1.807) is 10.9 Å². The summed E-state index contributed by atoms with van der Waals surface area (Å²) in [6.07, 6.45) is 4.35. The number of amides is 1. The van der Waals surface area contributed by atoms with Crippen LogP contribution in [0.1, 0.15) is 34.3 Å². The first kappa shape index (κ1) is 22.6. The molecule has 1 amide bonds. The van der Waals surface area contributed by atoms with Gasteiger partial charge in [-0.1, -0.05) is 48.0 Å². The zero-order valence-electron chi connectivity index (χ0n) is 19.6. The van der Waals surface area contributed by atoms with Crippen molar-refractivity contribution in [1.82, 2.24) is 14.8 Å². The minimum atomic E-state index is -0.811. The van der Waals surface area contributed by atoms with Crippen LogP contribution in [0.15, 0.2) is 79.1 Å². The lowest BCUT2D eigenvalue weighted by atomic mass is 9.84. The number of piperidine rings is 1. The van der Waals surface area contributed by atoms with E-state index < -0.39 is 5.60 Å². The number of hydrogen-bond acceptors (Lipinski definition) is 6.